The molecule has 4 heteroatoms. The molecule has 1 aliphatic carbocycles. The Labute approximate surface area is 115 Å². The van der Waals surface area contributed by atoms with Gasteiger partial charge in [-0.3, -0.25) is 0 Å². The van der Waals surface area contributed by atoms with E-state index in [1.54, 1.807) is 11.8 Å². The number of aliphatic hydroxyl groups is 1. The maximum atomic E-state index is 10.4. The van der Waals surface area contributed by atoms with E-state index in [0.717, 1.165) is 46.5 Å². The van der Waals surface area contributed by atoms with Gasteiger partial charge in [-0.2, -0.15) is 0 Å². The Morgan fingerprint density at radius 3 is 2.71 bits per heavy atom. The van der Waals surface area contributed by atoms with Crippen molar-refractivity contribution in [2.75, 3.05) is 11.5 Å². The van der Waals surface area contributed by atoms with E-state index in [0.29, 0.717) is 0 Å². The van der Waals surface area contributed by atoms with Crippen molar-refractivity contribution in [1.29, 1.82) is 0 Å². The highest BCUT2D eigenvalue weighted by molar-refractivity contribution is 9.10. The standard InChI is InChI=1S/C13H18BrNOS/c14-10-4-5-11(15)12(8-10)17-9-13(16)6-2-1-3-7-13/h4-5,8,16H,1-3,6-7,9,15H2. The summed E-state index contributed by atoms with van der Waals surface area (Å²) in [4.78, 5) is 1.05. The summed E-state index contributed by atoms with van der Waals surface area (Å²) >= 11 is 5.11. The molecule has 17 heavy (non-hydrogen) atoms. The van der Waals surface area contributed by atoms with Crippen LogP contribution in [-0.4, -0.2) is 16.5 Å². The van der Waals surface area contributed by atoms with Gasteiger partial charge in [-0.05, 0) is 31.0 Å². The molecular weight excluding hydrogens is 298 g/mol. The Bertz CT molecular complexity index is 391. The highest BCUT2D eigenvalue weighted by atomic mass is 79.9. The minimum Gasteiger partial charge on any atom is -0.398 e. The molecular formula is C13H18BrNOS. The summed E-state index contributed by atoms with van der Waals surface area (Å²) < 4.78 is 1.03. The minimum atomic E-state index is -0.488. The molecule has 1 aromatic rings. The van der Waals surface area contributed by atoms with Crippen LogP contribution in [-0.2, 0) is 0 Å². The predicted molar refractivity (Wildman–Crippen MR) is 77.3 cm³/mol. The van der Waals surface area contributed by atoms with Crippen LogP contribution < -0.4 is 5.73 Å². The minimum absolute atomic E-state index is 0.488. The number of thioether (sulfide) groups is 1. The van der Waals surface area contributed by atoms with E-state index in [4.69, 9.17) is 5.73 Å². The molecule has 0 aromatic heterocycles. The molecule has 0 saturated heterocycles. The van der Waals surface area contributed by atoms with Crippen LogP contribution in [0.25, 0.3) is 0 Å². The molecule has 1 aromatic carbocycles. The molecule has 0 atom stereocenters. The van der Waals surface area contributed by atoms with E-state index in [9.17, 15) is 5.11 Å². The second-order valence-electron chi connectivity index (χ2n) is 4.76. The molecule has 1 aliphatic rings. The largest absolute Gasteiger partial charge is 0.398 e. The third kappa shape index (κ3) is 3.63. The number of nitrogens with two attached hydrogens (primary N) is 1. The number of benzene rings is 1. The summed E-state index contributed by atoms with van der Waals surface area (Å²) in [5.41, 5.74) is 6.23. The predicted octanol–water partition coefficient (Wildman–Crippen LogP) is 3.82. The summed E-state index contributed by atoms with van der Waals surface area (Å²) in [6, 6.07) is 5.86. The zero-order chi connectivity index (χ0) is 12.3. The maximum absolute atomic E-state index is 10.4. The Balaban J connectivity index is 1.99. The van der Waals surface area contributed by atoms with E-state index in [-0.39, 0.29) is 0 Å². The first-order valence-electron chi connectivity index (χ1n) is 5.99. The molecule has 0 unspecified atom stereocenters. The zero-order valence-corrected chi connectivity index (χ0v) is 12.2. The number of rotatable bonds is 3. The van der Waals surface area contributed by atoms with Crippen molar-refractivity contribution in [2.24, 2.45) is 0 Å². The third-order valence-electron chi connectivity index (χ3n) is 3.26. The fraction of sp³-hybridized carbons (Fsp3) is 0.538. The quantitative estimate of drug-likeness (QED) is 0.658. The lowest BCUT2D eigenvalue weighted by molar-refractivity contribution is 0.0273. The Morgan fingerprint density at radius 2 is 2.00 bits per heavy atom. The third-order valence-corrected chi connectivity index (χ3v) is 5.10. The lowest BCUT2D eigenvalue weighted by Gasteiger charge is -2.31. The van der Waals surface area contributed by atoms with Crippen molar-refractivity contribution < 1.29 is 5.11 Å². The van der Waals surface area contributed by atoms with Crippen molar-refractivity contribution in [2.45, 2.75) is 42.6 Å². The summed E-state index contributed by atoms with van der Waals surface area (Å²) in [7, 11) is 0. The molecule has 3 N–H and O–H groups in total. The van der Waals surface area contributed by atoms with Crippen molar-refractivity contribution in [1.82, 2.24) is 0 Å². The molecule has 1 fully saturated rings. The van der Waals surface area contributed by atoms with Gasteiger partial charge in [-0.25, -0.2) is 0 Å². The van der Waals surface area contributed by atoms with Gasteiger partial charge in [0.05, 0.1) is 5.60 Å². The molecule has 0 amide bonds. The first-order chi connectivity index (χ1) is 8.09. The highest BCUT2D eigenvalue weighted by Crippen LogP contribution is 2.36. The fourth-order valence-corrected chi connectivity index (χ4v) is 3.87. The Kier molecular flexibility index (Phi) is 4.39. The van der Waals surface area contributed by atoms with Gasteiger partial charge >= 0.3 is 0 Å². The van der Waals surface area contributed by atoms with E-state index < -0.39 is 5.60 Å². The number of anilines is 1. The molecule has 0 heterocycles. The van der Waals surface area contributed by atoms with Gasteiger partial charge < -0.3 is 10.8 Å². The van der Waals surface area contributed by atoms with Crippen LogP contribution in [0.1, 0.15) is 32.1 Å². The van der Waals surface area contributed by atoms with E-state index in [1.165, 1.54) is 6.42 Å². The first kappa shape index (κ1) is 13.2. The summed E-state index contributed by atoms with van der Waals surface area (Å²) in [6.45, 7) is 0. The maximum Gasteiger partial charge on any atom is 0.0741 e. The van der Waals surface area contributed by atoms with Gasteiger partial charge in [0.1, 0.15) is 0 Å². The highest BCUT2D eigenvalue weighted by Gasteiger charge is 2.29. The smallest absolute Gasteiger partial charge is 0.0741 e. The molecule has 0 radical (unpaired) electrons. The lowest BCUT2D eigenvalue weighted by Crippen LogP contribution is -2.33. The SMILES string of the molecule is Nc1ccc(Br)cc1SCC1(O)CCCCC1. The topological polar surface area (TPSA) is 46.2 Å². The number of nitrogen functional groups attached to an aromatic ring is 1. The fourth-order valence-electron chi connectivity index (χ4n) is 2.20. The van der Waals surface area contributed by atoms with Crippen LogP contribution in [0.15, 0.2) is 27.6 Å². The zero-order valence-electron chi connectivity index (χ0n) is 9.79. The average Bonchev–Trinajstić information content (AvgIpc) is 2.31. The summed E-state index contributed by atoms with van der Waals surface area (Å²) in [6.07, 6.45) is 5.39. The molecule has 0 aliphatic heterocycles. The van der Waals surface area contributed by atoms with Crippen LogP contribution in [0, 0.1) is 0 Å². The van der Waals surface area contributed by atoms with Crippen LogP contribution in [0.2, 0.25) is 0 Å². The van der Waals surface area contributed by atoms with Crippen molar-refractivity contribution in [3.63, 3.8) is 0 Å². The van der Waals surface area contributed by atoms with Gasteiger partial charge in [0.15, 0.2) is 0 Å². The van der Waals surface area contributed by atoms with Crippen molar-refractivity contribution in [3.8, 4) is 0 Å². The normalized spacial score (nSPS) is 19.2. The van der Waals surface area contributed by atoms with Gasteiger partial charge in [0.2, 0.25) is 0 Å². The summed E-state index contributed by atoms with van der Waals surface area (Å²) in [5.74, 6) is 0.744. The summed E-state index contributed by atoms with van der Waals surface area (Å²) in [5, 5.41) is 10.4. The van der Waals surface area contributed by atoms with Crippen LogP contribution >= 0.6 is 27.7 Å². The molecule has 0 spiro atoms. The van der Waals surface area contributed by atoms with E-state index >= 15 is 0 Å². The van der Waals surface area contributed by atoms with Gasteiger partial charge in [-0.1, -0.05) is 35.2 Å². The second kappa shape index (κ2) is 5.63. The average molecular weight is 316 g/mol. The van der Waals surface area contributed by atoms with E-state index in [1.807, 2.05) is 18.2 Å². The number of halogens is 1. The van der Waals surface area contributed by atoms with Crippen molar-refractivity contribution >= 4 is 33.4 Å². The Hall–Kier alpha value is -0.190. The number of hydrogen-bond acceptors (Lipinski definition) is 3. The number of hydrogen-bond donors (Lipinski definition) is 2. The second-order valence-corrected chi connectivity index (χ2v) is 6.69. The molecule has 1 saturated carbocycles. The van der Waals surface area contributed by atoms with Crippen LogP contribution in [0.3, 0.4) is 0 Å². The molecule has 0 bridgehead atoms. The molecule has 2 rings (SSSR count). The first-order valence-corrected chi connectivity index (χ1v) is 7.77. The monoisotopic (exact) mass is 315 g/mol. The van der Waals surface area contributed by atoms with E-state index in [2.05, 4.69) is 15.9 Å². The molecule has 94 valence electrons. The lowest BCUT2D eigenvalue weighted by atomic mass is 9.86. The van der Waals surface area contributed by atoms with Gasteiger partial charge in [0.25, 0.3) is 0 Å². The van der Waals surface area contributed by atoms with Gasteiger partial charge in [0, 0.05) is 20.8 Å². The van der Waals surface area contributed by atoms with Crippen molar-refractivity contribution in [3.05, 3.63) is 22.7 Å². The van der Waals surface area contributed by atoms with Crippen LogP contribution in [0.4, 0.5) is 5.69 Å². The van der Waals surface area contributed by atoms with Crippen LogP contribution in [0.5, 0.6) is 0 Å². The molecule has 2 nitrogen and oxygen atoms in total. The Morgan fingerprint density at radius 1 is 1.29 bits per heavy atom. The van der Waals surface area contributed by atoms with Gasteiger partial charge in [-0.15, -0.1) is 11.8 Å².